The van der Waals surface area contributed by atoms with Crippen LogP contribution in [0.4, 0.5) is 24.5 Å². The lowest BCUT2D eigenvalue weighted by molar-refractivity contribution is -0.385. The van der Waals surface area contributed by atoms with Crippen LogP contribution in [0, 0.1) is 10.1 Å². The Balaban J connectivity index is 2.37. The summed E-state index contributed by atoms with van der Waals surface area (Å²) in [7, 11) is 0. The number of nitrogens with zero attached hydrogens (tertiary/aromatic N) is 1. The number of hydrogen-bond donors (Lipinski definition) is 2. The third-order valence-electron chi connectivity index (χ3n) is 3.13. The van der Waals surface area contributed by atoms with Gasteiger partial charge in [-0.2, -0.15) is 13.2 Å². The first-order valence-electron chi connectivity index (χ1n) is 6.60. The second-order valence-corrected chi connectivity index (χ2v) is 4.83. The summed E-state index contributed by atoms with van der Waals surface area (Å²) >= 11 is 0. The van der Waals surface area contributed by atoms with Crippen LogP contribution in [-0.2, 0) is 6.18 Å². The van der Waals surface area contributed by atoms with Gasteiger partial charge in [-0.25, -0.2) is 4.79 Å². The van der Waals surface area contributed by atoms with Gasteiger partial charge in [0.15, 0.2) is 0 Å². The lowest BCUT2D eigenvalue weighted by Gasteiger charge is -2.09. The average molecular weight is 354 g/mol. The summed E-state index contributed by atoms with van der Waals surface area (Å²) in [6, 6.07) is 6.55. The number of aromatic carboxylic acids is 1. The van der Waals surface area contributed by atoms with Gasteiger partial charge in [-0.15, -0.1) is 0 Å². The highest BCUT2D eigenvalue weighted by molar-refractivity contribution is 6.07. The molecule has 0 atom stereocenters. The summed E-state index contributed by atoms with van der Waals surface area (Å²) in [6.07, 6.45) is -4.80. The van der Waals surface area contributed by atoms with Crippen molar-refractivity contribution in [2.24, 2.45) is 0 Å². The number of alkyl halides is 3. The van der Waals surface area contributed by atoms with Crippen molar-refractivity contribution in [3.8, 4) is 0 Å². The Morgan fingerprint density at radius 3 is 2.36 bits per heavy atom. The van der Waals surface area contributed by atoms with Crippen LogP contribution in [0.5, 0.6) is 0 Å². The van der Waals surface area contributed by atoms with Crippen LogP contribution >= 0.6 is 0 Å². The van der Waals surface area contributed by atoms with Gasteiger partial charge in [-0.1, -0.05) is 6.07 Å². The molecule has 2 aromatic rings. The summed E-state index contributed by atoms with van der Waals surface area (Å²) in [6.45, 7) is 0. The van der Waals surface area contributed by atoms with Gasteiger partial charge in [0.05, 0.1) is 16.1 Å². The van der Waals surface area contributed by atoms with Gasteiger partial charge in [0.25, 0.3) is 11.6 Å². The molecule has 10 heteroatoms. The fourth-order valence-corrected chi connectivity index (χ4v) is 1.98. The number of nitrogens with one attached hydrogen (secondary N) is 1. The number of anilines is 1. The summed E-state index contributed by atoms with van der Waals surface area (Å²) in [5.74, 6) is -2.29. The average Bonchev–Trinajstić information content (AvgIpc) is 2.53. The van der Waals surface area contributed by atoms with Crippen LogP contribution in [0.25, 0.3) is 0 Å². The topological polar surface area (TPSA) is 110 Å². The third kappa shape index (κ3) is 4.10. The molecule has 0 saturated heterocycles. The number of carbonyl (C=O) groups is 2. The maximum Gasteiger partial charge on any atom is 0.416 e. The maximum absolute atomic E-state index is 12.7. The molecule has 0 spiro atoms. The van der Waals surface area contributed by atoms with Crippen LogP contribution in [-0.4, -0.2) is 21.9 Å². The summed E-state index contributed by atoms with van der Waals surface area (Å²) < 4.78 is 38.0. The first-order valence-corrected chi connectivity index (χ1v) is 6.60. The molecule has 2 rings (SSSR count). The first kappa shape index (κ1) is 17.9. The molecular weight excluding hydrogens is 345 g/mol. The summed E-state index contributed by atoms with van der Waals surface area (Å²) in [4.78, 5) is 32.9. The molecule has 2 N–H and O–H groups in total. The fraction of sp³-hybridized carbons (Fsp3) is 0.0667. The molecular formula is C15H9F3N2O5. The Hall–Kier alpha value is -3.43. The van der Waals surface area contributed by atoms with Gasteiger partial charge in [0, 0.05) is 11.8 Å². The number of halogens is 3. The number of nitro groups is 1. The Morgan fingerprint density at radius 1 is 1.12 bits per heavy atom. The zero-order chi connectivity index (χ0) is 18.8. The van der Waals surface area contributed by atoms with E-state index in [1.807, 2.05) is 0 Å². The first-order chi connectivity index (χ1) is 11.6. The third-order valence-corrected chi connectivity index (χ3v) is 3.13. The SMILES string of the molecule is O=C(O)c1cccc(NC(=O)c2ccc(C(F)(F)F)cc2[N+](=O)[O-])c1. The van der Waals surface area contributed by atoms with Crippen LogP contribution < -0.4 is 5.32 Å². The van der Waals surface area contributed by atoms with Gasteiger partial charge in [0.2, 0.25) is 0 Å². The monoisotopic (exact) mass is 354 g/mol. The van der Waals surface area contributed by atoms with Crippen molar-refractivity contribution in [1.82, 2.24) is 0 Å². The van der Waals surface area contributed by atoms with Gasteiger partial charge in [0.1, 0.15) is 5.56 Å². The predicted octanol–water partition coefficient (Wildman–Crippen LogP) is 3.56. The number of nitro benzene ring substituents is 1. The number of carboxylic acids is 1. The number of carboxylic acid groups (broad SMARTS) is 1. The highest BCUT2D eigenvalue weighted by Gasteiger charge is 2.34. The minimum Gasteiger partial charge on any atom is -0.478 e. The van der Waals surface area contributed by atoms with Gasteiger partial charge < -0.3 is 10.4 Å². The lowest BCUT2D eigenvalue weighted by atomic mass is 10.1. The Kier molecular flexibility index (Phi) is 4.72. The molecule has 0 aromatic heterocycles. The minimum absolute atomic E-state index is 0.0269. The smallest absolute Gasteiger partial charge is 0.416 e. The lowest BCUT2D eigenvalue weighted by Crippen LogP contribution is -2.15. The van der Waals surface area contributed by atoms with Crippen LogP contribution in [0.2, 0.25) is 0 Å². The molecule has 0 aliphatic carbocycles. The van der Waals surface area contributed by atoms with E-state index >= 15 is 0 Å². The second-order valence-electron chi connectivity index (χ2n) is 4.83. The number of hydrogen-bond acceptors (Lipinski definition) is 4. The Labute approximate surface area is 137 Å². The van der Waals surface area contributed by atoms with Crippen LogP contribution in [0.1, 0.15) is 26.3 Å². The summed E-state index contributed by atoms with van der Waals surface area (Å²) in [5, 5.41) is 22.1. The van der Waals surface area contributed by atoms with E-state index < -0.39 is 39.8 Å². The van der Waals surface area contributed by atoms with Crippen molar-refractivity contribution >= 4 is 23.3 Å². The van der Waals surface area contributed by atoms with Crippen molar-refractivity contribution in [3.05, 3.63) is 69.3 Å². The van der Waals surface area contributed by atoms with E-state index in [2.05, 4.69) is 5.32 Å². The van der Waals surface area contributed by atoms with Gasteiger partial charge in [-0.05, 0) is 30.3 Å². The van der Waals surface area contributed by atoms with E-state index in [-0.39, 0.29) is 17.3 Å². The molecule has 1 amide bonds. The van der Waals surface area contributed by atoms with Crippen molar-refractivity contribution < 1.29 is 32.8 Å². The molecule has 25 heavy (non-hydrogen) atoms. The predicted molar refractivity (Wildman–Crippen MR) is 79.5 cm³/mol. The molecule has 0 aliphatic heterocycles. The Bertz CT molecular complexity index is 864. The number of rotatable bonds is 4. The molecule has 2 aromatic carbocycles. The molecule has 0 radical (unpaired) electrons. The van der Waals surface area contributed by atoms with Gasteiger partial charge in [-0.3, -0.25) is 14.9 Å². The largest absolute Gasteiger partial charge is 0.478 e. The molecule has 0 unspecified atom stereocenters. The molecule has 7 nitrogen and oxygen atoms in total. The highest BCUT2D eigenvalue weighted by atomic mass is 19.4. The highest BCUT2D eigenvalue weighted by Crippen LogP contribution is 2.33. The van der Waals surface area contributed by atoms with Gasteiger partial charge >= 0.3 is 12.1 Å². The van der Waals surface area contributed by atoms with E-state index in [0.717, 1.165) is 6.07 Å². The second kappa shape index (κ2) is 6.59. The molecule has 0 heterocycles. The number of amides is 1. The normalized spacial score (nSPS) is 11.0. The molecule has 0 aliphatic rings. The fourth-order valence-electron chi connectivity index (χ4n) is 1.98. The molecule has 0 fully saturated rings. The van der Waals surface area contributed by atoms with E-state index in [4.69, 9.17) is 5.11 Å². The maximum atomic E-state index is 12.7. The van der Waals surface area contributed by atoms with E-state index in [9.17, 15) is 32.9 Å². The summed E-state index contributed by atoms with van der Waals surface area (Å²) in [5.41, 5.74) is -2.97. The number of carbonyl (C=O) groups excluding carboxylic acids is 1. The molecule has 0 saturated carbocycles. The van der Waals surface area contributed by atoms with Crippen molar-refractivity contribution in [3.63, 3.8) is 0 Å². The van der Waals surface area contributed by atoms with Crippen molar-refractivity contribution in [2.75, 3.05) is 5.32 Å². The number of benzene rings is 2. The van der Waals surface area contributed by atoms with E-state index in [1.165, 1.54) is 18.2 Å². The molecule has 130 valence electrons. The standard InChI is InChI=1S/C15H9F3N2O5/c16-15(17,18)9-4-5-11(12(7-9)20(24)25)13(21)19-10-3-1-2-8(6-10)14(22)23/h1-7H,(H,19,21)(H,22,23). The molecule has 0 bridgehead atoms. The minimum atomic E-state index is -4.80. The zero-order valence-electron chi connectivity index (χ0n) is 12.2. The van der Waals surface area contributed by atoms with E-state index in [0.29, 0.717) is 12.1 Å². The van der Waals surface area contributed by atoms with Crippen molar-refractivity contribution in [1.29, 1.82) is 0 Å². The van der Waals surface area contributed by atoms with E-state index in [1.54, 1.807) is 0 Å². The van der Waals surface area contributed by atoms with Crippen LogP contribution in [0.3, 0.4) is 0 Å². The Morgan fingerprint density at radius 2 is 1.80 bits per heavy atom. The zero-order valence-corrected chi connectivity index (χ0v) is 12.2. The quantitative estimate of drug-likeness (QED) is 0.644. The van der Waals surface area contributed by atoms with Crippen LogP contribution in [0.15, 0.2) is 42.5 Å². The van der Waals surface area contributed by atoms with Crippen molar-refractivity contribution in [2.45, 2.75) is 6.18 Å².